The molecule has 0 aliphatic heterocycles. The minimum atomic E-state index is 0.492. The normalized spacial score (nSPS) is 11.3. The van der Waals surface area contributed by atoms with Crippen molar-refractivity contribution >= 4 is 33.5 Å². The zero-order chi connectivity index (χ0) is 18.6. The molecule has 5 heteroatoms. The van der Waals surface area contributed by atoms with Gasteiger partial charge in [0.15, 0.2) is 0 Å². The van der Waals surface area contributed by atoms with E-state index < -0.39 is 0 Å². The summed E-state index contributed by atoms with van der Waals surface area (Å²) in [5.41, 5.74) is 5.11. The number of para-hydroxylation sites is 1. The Morgan fingerprint density at radius 1 is 1.04 bits per heavy atom. The van der Waals surface area contributed by atoms with Crippen LogP contribution in [0.4, 0.5) is 5.69 Å². The Labute approximate surface area is 161 Å². The van der Waals surface area contributed by atoms with Crippen molar-refractivity contribution in [2.24, 2.45) is 0 Å². The Balaban J connectivity index is 1.65. The molecule has 2 aromatic carbocycles. The summed E-state index contributed by atoms with van der Waals surface area (Å²) in [5.74, 6) is 0. The van der Waals surface area contributed by atoms with Crippen LogP contribution >= 0.6 is 11.3 Å². The molecule has 0 unspecified atom stereocenters. The van der Waals surface area contributed by atoms with Crippen molar-refractivity contribution in [1.82, 2.24) is 9.97 Å². The summed E-state index contributed by atoms with van der Waals surface area (Å²) in [5, 5.41) is 16.5. The van der Waals surface area contributed by atoms with Gasteiger partial charge in [0.2, 0.25) is 0 Å². The molecule has 27 heavy (non-hydrogen) atoms. The third-order valence-electron chi connectivity index (χ3n) is 4.16. The zero-order valence-electron chi connectivity index (χ0n) is 14.7. The van der Waals surface area contributed by atoms with Crippen LogP contribution in [0.1, 0.15) is 10.7 Å². The third kappa shape index (κ3) is 3.57. The predicted molar refractivity (Wildman–Crippen MR) is 111 cm³/mol. The maximum atomic E-state index is 9.59. The maximum absolute atomic E-state index is 9.59. The van der Waals surface area contributed by atoms with Gasteiger partial charge in [-0.05, 0) is 19.1 Å². The first-order valence-electron chi connectivity index (χ1n) is 8.49. The fourth-order valence-corrected chi connectivity index (χ4v) is 3.59. The molecule has 2 aromatic heterocycles. The Bertz CT molecular complexity index is 1170. The fourth-order valence-electron chi connectivity index (χ4n) is 2.79. The van der Waals surface area contributed by atoms with Gasteiger partial charge in [0.05, 0.1) is 16.9 Å². The summed E-state index contributed by atoms with van der Waals surface area (Å²) in [6, 6.07) is 22.2. The molecule has 0 aliphatic carbocycles. The second-order valence-corrected chi connectivity index (χ2v) is 6.91. The number of benzene rings is 2. The molecule has 0 saturated carbocycles. The molecule has 0 bridgehead atoms. The number of aromatic nitrogens is 2. The average Bonchev–Trinajstić information content (AvgIpc) is 3.19. The lowest BCUT2D eigenvalue weighted by atomic mass is 10.1. The lowest BCUT2D eigenvalue weighted by Gasteiger charge is -2.06. The van der Waals surface area contributed by atoms with Crippen LogP contribution in [0.25, 0.3) is 27.7 Å². The van der Waals surface area contributed by atoms with E-state index in [9.17, 15) is 5.26 Å². The van der Waals surface area contributed by atoms with Gasteiger partial charge in [-0.3, -0.25) is 4.98 Å². The number of hydrogen-bond donors (Lipinski definition) is 1. The molecule has 0 radical (unpaired) electrons. The van der Waals surface area contributed by atoms with Crippen molar-refractivity contribution in [2.75, 3.05) is 5.32 Å². The first-order chi connectivity index (χ1) is 13.2. The van der Waals surface area contributed by atoms with Crippen LogP contribution in [0.2, 0.25) is 0 Å². The highest BCUT2D eigenvalue weighted by atomic mass is 32.1. The van der Waals surface area contributed by atoms with E-state index in [0.717, 1.165) is 33.5 Å². The number of nitrogens with zero attached hydrogens (tertiary/aromatic N) is 3. The minimum Gasteiger partial charge on any atom is -0.359 e. The zero-order valence-corrected chi connectivity index (χ0v) is 15.5. The highest BCUT2D eigenvalue weighted by Crippen LogP contribution is 2.27. The van der Waals surface area contributed by atoms with Gasteiger partial charge in [0.1, 0.15) is 16.6 Å². The first kappa shape index (κ1) is 17.0. The van der Waals surface area contributed by atoms with Gasteiger partial charge in [-0.1, -0.05) is 48.5 Å². The number of fused-ring (bicyclic) bond motifs is 1. The number of rotatable bonds is 4. The van der Waals surface area contributed by atoms with Gasteiger partial charge in [-0.2, -0.15) is 5.26 Å². The van der Waals surface area contributed by atoms with Crippen LogP contribution in [-0.4, -0.2) is 9.97 Å². The Hall–Kier alpha value is -3.49. The van der Waals surface area contributed by atoms with E-state index in [1.807, 2.05) is 73.0 Å². The van der Waals surface area contributed by atoms with Gasteiger partial charge in [0, 0.05) is 28.2 Å². The third-order valence-corrected chi connectivity index (χ3v) is 5.03. The van der Waals surface area contributed by atoms with Crippen LogP contribution in [0.15, 0.2) is 72.2 Å². The van der Waals surface area contributed by atoms with Crippen LogP contribution in [-0.2, 0) is 0 Å². The van der Waals surface area contributed by atoms with Crippen molar-refractivity contribution in [3.8, 4) is 17.3 Å². The van der Waals surface area contributed by atoms with Crippen molar-refractivity contribution < 1.29 is 0 Å². The number of hydrogen-bond acceptors (Lipinski definition) is 5. The molecular formula is C22H16N4S. The summed E-state index contributed by atoms with van der Waals surface area (Å²) in [7, 11) is 0. The van der Waals surface area contributed by atoms with Crippen LogP contribution in [0, 0.1) is 18.3 Å². The number of nitrogens with one attached hydrogen (secondary N) is 1. The quantitative estimate of drug-likeness (QED) is 0.473. The average molecular weight is 368 g/mol. The van der Waals surface area contributed by atoms with Crippen molar-refractivity contribution in [3.05, 3.63) is 82.9 Å². The second-order valence-electron chi connectivity index (χ2n) is 6.05. The smallest absolute Gasteiger partial charge is 0.136 e. The lowest BCUT2D eigenvalue weighted by Crippen LogP contribution is -1.94. The summed E-state index contributed by atoms with van der Waals surface area (Å²) in [4.78, 5) is 9.22. The van der Waals surface area contributed by atoms with Crippen LogP contribution < -0.4 is 5.32 Å². The van der Waals surface area contributed by atoms with Gasteiger partial charge in [-0.25, -0.2) is 4.98 Å². The van der Waals surface area contributed by atoms with E-state index in [2.05, 4.69) is 21.4 Å². The van der Waals surface area contributed by atoms with Crippen LogP contribution in [0.3, 0.4) is 0 Å². The molecule has 0 amide bonds. The standard InChI is InChI=1S/C22H16N4S/c1-15-10-11-17-8-5-9-19(21(17)25-15)24-13-18(12-23)22-26-20(14-27-22)16-6-3-2-4-7-16/h2-11,13-14,24H,1H3/b18-13-. The first-order valence-corrected chi connectivity index (χ1v) is 9.37. The Kier molecular flexibility index (Phi) is 4.65. The van der Waals surface area contributed by atoms with Gasteiger partial charge in [-0.15, -0.1) is 11.3 Å². The highest BCUT2D eigenvalue weighted by Gasteiger charge is 2.09. The molecule has 0 saturated heterocycles. The SMILES string of the molecule is Cc1ccc2cccc(N/C=C(/C#N)c3nc(-c4ccccc4)cs3)c2n1. The molecule has 4 rings (SSSR count). The van der Waals surface area contributed by atoms with Crippen LogP contribution in [0.5, 0.6) is 0 Å². The molecule has 0 spiro atoms. The molecule has 130 valence electrons. The van der Waals surface area contributed by atoms with E-state index in [1.165, 1.54) is 11.3 Å². The monoisotopic (exact) mass is 368 g/mol. The topological polar surface area (TPSA) is 61.6 Å². The number of aryl methyl sites for hydroxylation is 1. The minimum absolute atomic E-state index is 0.492. The highest BCUT2D eigenvalue weighted by molar-refractivity contribution is 7.11. The Morgan fingerprint density at radius 2 is 1.89 bits per heavy atom. The van der Waals surface area contributed by atoms with Gasteiger partial charge < -0.3 is 5.32 Å². The number of anilines is 1. The molecule has 2 heterocycles. The molecule has 1 N–H and O–H groups in total. The second kappa shape index (κ2) is 7.40. The molecule has 4 aromatic rings. The predicted octanol–water partition coefficient (Wildman–Crippen LogP) is 5.64. The lowest BCUT2D eigenvalue weighted by molar-refractivity contribution is 1.25. The number of pyridine rings is 1. The molecule has 0 fully saturated rings. The fraction of sp³-hybridized carbons (Fsp3) is 0.0455. The molecule has 4 nitrogen and oxygen atoms in total. The van der Waals surface area contributed by atoms with Crippen molar-refractivity contribution in [2.45, 2.75) is 6.92 Å². The summed E-state index contributed by atoms with van der Waals surface area (Å²) >= 11 is 1.46. The van der Waals surface area contributed by atoms with E-state index in [1.54, 1.807) is 6.20 Å². The molecule has 0 atom stereocenters. The Morgan fingerprint density at radius 3 is 2.70 bits per heavy atom. The van der Waals surface area contributed by atoms with E-state index in [0.29, 0.717) is 10.6 Å². The largest absolute Gasteiger partial charge is 0.359 e. The number of thiazole rings is 1. The van der Waals surface area contributed by atoms with E-state index >= 15 is 0 Å². The van der Waals surface area contributed by atoms with Crippen molar-refractivity contribution in [3.63, 3.8) is 0 Å². The summed E-state index contributed by atoms with van der Waals surface area (Å²) in [6.07, 6.45) is 1.70. The molecular weight excluding hydrogens is 352 g/mol. The van der Waals surface area contributed by atoms with Crippen molar-refractivity contribution in [1.29, 1.82) is 5.26 Å². The molecule has 0 aliphatic rings. The summed E-state index contributed by atoms with van der Waals surface area (Å²) in [6.45, 7) is 1.97. The van der Waals surface area contributed by atoms with Gasteiger partial charge >= 0.3 is 0 Å². The van der Waals surface area contributed by atoms with E-state index in [4.69, 9.17) is 0 Å². The van der Waals surface area contributed by atoms with Gasteiger partial charge in [0.25, 0.3) is 0 Å². The number of nitriles is 1. The summed E-state index contributed by atoms with van der Waals surface area (Å²) < 4.78 is 0. The maximum Gasteiger partial charge on any atom is 0.136 e. The van der Waals surface area contributed by atoms with E-state index in [-0.39, 0.29) is 0 Å². The number of allylic oxidation sites excluding steroid dienone is 1.